The Balaban J connectivity index is 2.02. The highest BCUT2D eigenvalue weighted by Crippen LogP contribution is 2.16. The van der Waals surface area contributed by atoms with E-state index in [1.165, 1.54) is 4.68 Å². The van der Waals surface area contributed by atoms with E-state index in [1.807, 2.05) is 0 Å². The third-order valence-electron chi connectivity index (χ3n) is 2.39. The minimum atomic E-state index is -0.0611. The third kappa shape index (κ3) is 2.13. The van der Waals surface area contributed by atoms with Crippen LogP contribution in [0.3, 0.4) is 0 Å². The molecular formula is C8H13N3O2S. The summed E-state index contributed by atoms with van der Waals surface area (Å²) in [4.78, 5) is 11.3. The van der Waals surface area contributed by atoms with E-state index in [4.69, 9.17) is 10.5 Å². The van der Waals surface area contributed by atoms with Crippen molar-refractivity contribution in [3.8, 4) is 0 Å². The summed E-state index contributed by atoms with van der Waals surface area (Å²) in [6.45, 7) is 2.26. The number of aromatic nitrogens is 2. The molecule has 1 fully saturated rings. The number of nitrogen functional groups attached to an aromatic ring is 1. The van der Waals surface area contributed by atoms with Crippen LogP contribution in [0, 0.1) is 5.92 Å². The standard InChI is InChI=1S/C8H13N3O2S/c9-7-10-11(8(12)14-7)5-6-1-3-13-4-2-6/h6H,1-5H2,(H2,9,10). The van der Waals surface area contributed by atoms with Gasteiger partial charge in [-0.05, 0) is 30.1 Å². The van der Waals surface area contributed by atoms with Crippen LogP contribution in [0.25, 0.3) is 0 Å². The maximum atomic E-state index is 11.3. The Hall–Kier alpha value is -0.880. The van der Waals surface area contributed by atoms with Crippen molar-refractivity contribution in [2.24, 2.45) is 5.92 Å². The fourth-order valence-electron chi connectivity index (χ4n) is 1.61. The highest BCUT2D eigenvalue weighted by atomic mass is 32.1. The van der Waals surface area contributed by atoms with Gasteiger partial charge in [-0.1, -0.05) is 0 Å². The van der Waals surface area contributed by atoms with Gasteiger partial charge in [0, 0.05) is 19.8 Å². The van der Waals surface area contributed by atoms with E-state index in [1.54, 1.807) is 0 Å². The van der Waals surface area contributed by atoms with Crippen molar-refractivity contribution in [2.45, 2.75) is 19.4 Å². The predicted molar refractivity (Wildman–Crippen MR) is 54.3 cm³/mol. The van der Waals surface area contributed by atoms with Gasteiger partial charge in [0.25, 0.3) is 0 Å². The number of ether oxygens (including phenoxy) is 1. The van der Waals surface area contributed by atoms with Gasteiger partial charge in [0.2, 0.25) is 5.13 Å². The normalized spacial score (nSPS) is 18.6. The van der Waals surface area contributed by atoms with Gasteiger partial charge in [0.1, 0.15) is 0 Å². The first-order valence-electron chi connectivity index (χ1n) is 4.67. The van der Waals surface area contributed by atoms with E-state index in [0.29, 0.717) is 17.6 Å². The van der Waals surface area contributed by atoms with Crippen LogP contribution < -0.4 is 10.6 Å². The number of nitrogens with zero attached hydrogens (tertiary/aromatic N) is 2. The molecule has 0 aliphatic carbocycles. The van der Waals surface area contributed by atoms with Crippen LogP contribution in [-0.4, -0.2) is 23.0 Å². The van der Waals surface area contributed by atoms with Crippen LogP contribution in [0.2, 0.25) is 0 Å². The van der Waals surface area contributed by atoms with Crippen LogP contribution in [0.4, 0.5) is 5.13 Å². The lowest BCUT2D eigenvalue weighted by Gasteiger charge is -2.21. The topological polar surface area (TPSA) is 70.1 Å². The second-order valence-corrected chi connectivity index (χ2v) is 4.42. The molecule has 0 aromatic carbocycles. The highest BCUT2D eigenvalue weighted by Gasteiger charge is 2.16. The number of rotatable bonds is 2. The Labute approximate surface area is 85.5 Å². The van der Waals surface area contributed by atoms with Crippen molar-refractivity contribution >= 4 is 16.5 Å². The minimum absolute atomic E-state index is 0.0611. The lowest BCUT2D eigenvalue weighted by atomic mass is 10.0. The zero-order valence-corrected chi connectivity index (χ0v) is 8.63. The monoisotopic (exact) mass is 215 g/mol. The van der Waals surface area contributed by atoms with E-state index in [-0.39, 0.29) is 4.87 Å². The van der Waals surface area contributed by atoms with Gasteiger partial charge in [0.05, 0.1) is 0 Å². The fraction of sp³-hybridized carbons (Fsp3) is 0.750. The van der Waals surface area contributed by atoms with Gasteiger partial charge < -0.3 is 10.5 Å². The fourth-order valence-corrected chi connectivity index (χ4v) is 2.15. The van der Waals surface area contributed by atoms with Crippen LogP contribution in [0.15, 0.2) is 4.79 Å². The minimum Gasteiger partial charge on any atom is -0.381 e. The predicted octanol–water partition coefficient (Wildman–Crippen LogP) is 0.314. The van der Waals surface area contributed by atoms with Crippen LogP contribution in [0.5, 0.6) is 0 Å². The summed E-state index contributed by atoms with van der Waals surface area (Å²) in [5, 5.41) is 4.31. The molecule has 5 nitrogen and oxygen atoms in total. The Bertz CT molecular complexity index is 354. The Morgan fingerprint density at radius 3 is 2.86 bits per heavy atom. The lowest BCUT2D eigenvalue weighted by molar-refractivity contribution is 0.0599. The van der Waals surface area contributed by atoms with Crippen molar-refractivity contribution in [1.82, 2.24) is 9.78 Å². The summed E-state index contributed by atoms with van der Waals surface area (Å²) in [5.41, 5.74) is 5.45. The number of anilines is 1. The molecule has 1 aromatic rings. The maximum absolute atomic E-state index is 11.3. The molecule has 0 spiro atoms. The number of hydrogen-bond acceptors (Lipinski definition) is 5. The molecule has 2 rings (SSSR count). The molecule has 0 unspecified atom stereocenters. The zero-order chi connectivity index (χ0) is 9.97. The maximum Gasteiger partial charge on any atom is 0.326 e. The highest BCUT2D eigenvalue weighted by molar-refractivity contribution is 7.12. The second kappa shape index (κ2) is 4.10. The quantitative estimate of drug-likeness (QED) is 0.771. The molecular weight excluding hydrogens is 202 g/mol. The molecule has 1 aliphatic rings. The van der Waals surface area contributed by atoms with Gasteiger partial charge in [-0.2, -0.15) is 0 Å². The molecule has 0 atom stereocenters. The zero-order valence-electron chi connectivity index (χ0n) is 7.81. The third-order valence-corrected chi connectivity index (χ3v) is 3.07. The van der Waals surface area contributed by atoms with Crippen molar-refractivity contribution in [3.05, 3.63) is 9.67 Å². The smallest absolute Gasteiger partial charge is 0.326 e. The van der Waals surface area contributed by atoms with Crippen molar-refractivity contribution in [2.75, 3.05) is 18.9 Å². The summed E-state index contributed by atoms with van der Waals surface area (Å²) in [6, 6.07) is 0. The first kappa shape index (κ1) is 9.67. The molecule has 2 N–H and O–H groups in total. The van der Waals surface area contributed by atoms with Gasteiger partial charge in [0.15, 0.2) is 0 Å². The summed E-state index contributed by atoms with van der Waals surface area (Å²) >= 11 is 1.00. The molecule has 2 heterocycles. The molecule has 78 valence electrons. The Morgan fingerprint density at radius 1 is 1.57 bits per heavy atom. The van der Waals surface area contributed by atoms with Crippen molar-refractivity contribution in [1.29, 1.82) is 0 Å². The van der Waals surface area contributed by atoms with Crippen molar-refractivity contribution in [3.63, 3.8) is 0 Å². The van der Waals surface area contributed by atoms with Crippen LogP contribution in [0.1, 0.15) is 12.8 Å². The Morgan fingerprint density at radius 2 is 2.29 bits per heavy atom. The van der Waals surface area contributed by atoms with Gasteiger partial charge in [-0.3, -0.25) is 4.79 Å². The molecule has 0 radical (unpaired) electrons. The first-order valence-corrected chi connectivity index (χ1v) is 5.48. The molecule has 0 amide bonds. The average Bonchev–Trinajstić information content (AvgIpc) is 2.47. The summed E-state index contributed by atoms with van der Waals surface area (Å²) < 4.78 is 6.71. The second-order valence-electron chi connectivity index (χ2n) is 3.44. The van der Waals surface area contributed by atoms with E-state index in [9.17, 15) is 4.79 Å². The summed E-state index contributed by atoms with van der Waals surface area (Å²) in [5.74, 6) is 0.503. The number of nitrogens with two attached hydrogens (primary N) is 1. The van der Waals surface area contributed by atoms with Gasteiger partial charge in [-0.25, -0.2) is 4.68 Å². The van der Waals surface area contributed by atoms with E-state index >= 15 is 0 Å². The van der Waals surface area contributed by atoms with Gasteiger partial charge in [-0.15, -0.1) is 5.10 Å². The summed E-state index contributed by atoms with van der Waals surface area (Å²) in [7, 11) is 0. The Kier molecular flexibility index (Phi) is 2.83. The van der Waals surface area contributed by atoms with E-state index < -0.39 is 0 Å². The largest absolute Gasteiger partial charge is 0.381 e. The van der Waals surface area contributed by atoms with Gasteiger partial charge >= 0.3 is 4.87 Å². The number of hydrogen-bond donors (Lipinski definition) is 1. The molecule has 0 saturated carbocycles. The lowest BCUT2D eigenvalue weighted by Crippen LogP contribution is -2.25. The summed E-state index contributed by atoms with van der Waals surface area (Å²) in [6.07, 6.45) is 2.01. The first-order chi connectivity index (χ1) is 6.75. The van der Waals surface area contributed by atoms with Crippen LogP contribution in [-0.2, 0) is 11.3 Å². The van der Waals surface area contributed by atoms with E-state index in [2.05, 4.69) is 5.10 Å². The average molecular weight is 215 g/mol. The molecule has 1 aliphatic heterocycles. The molecule has 1 aromatic heterocycles. The molecule has 0 bridgehead atoms. The molecule has 1 saturated heterocycles. The molecule has 6 heteroatoms. The van der Waals surface area contributed by atoms with E-state index in [0.717, 1.165) is 37.4 Å². The SMILES string of the molecule is Nc1nn(CC2CCOCC2)c(=O)s1. The molecule has 14 heavy (non-hydrogen) atoms. The van der Waals surface area contributed by atoms with Crippen LogP contribution >= 0.6 is 11.3 Å². The van der Waals surface area contributed by atoms with Crippen molar-refractivity contribution < 1.29 is 4.74 Å².